The van der Waals surface area contributed by atoms with Crippen molar-refractivity contribution in [3.63, 3.8) is 0 Å². The standard InChI is InChI=1S/C24H15BrCl2F3NO3/c25-14-7-5-12(6-8-14)21-20(23(33)34)15-3-1-2-4-16(15)22(32)31(21)11-17-18(26)9-13(10-19(17)27)24(28,29)30/h1-10,20-21H,11H2,(H,33,34). The van der Waals surface area contributed by atoms with Gasteiger partial charge in [0.25, 0.3) is 5.91 Å². The number of benzene rings is 3. The molecule has 2 unspecified atom stereocenters. The maximum atomic E-state index is 13.5. The van der Waals surface area contributed by atoms with Crippen molar-refractivity contribution < 1.29 is 27.9 Å². The van der Waals surface area contributed by atoms with Crippen molar-refractivity contribution in [1.29, 1.82) is 0 Å². The van der Waals surface area contributed by atoms with Crippen molar-refractivity contribution in [1.82, 2.24) is 4.90 Å². The van der Waals surface area contributed by atoms with E-state index in [1.165, 1.54) is 11.0 Å². The van der Waals surface area contributed by atoms with Gasteiger partial charge in [-0.1, -0.05) is 69.5 Å². The van der Waals surface area contributed by atoms with Crippen LogP contribution in [0.5, 0.6) is 0 Å². The molecule has 0 saturated carbocycles. The van der Waals surface area contributed by atoms with Crippen LogP contribution in [0.3, 0.4) is 0 Å². The van der Waals surface area contributed by atoms with Crippen molar-refractivity contribution in [2.45, 2.75) is 24.7 Å². The highest BCUT2D eigenvalue weighted by Crippen LogP contribution is 2.45. The Bertz CT molecular complexity index is 1260. The van der Waals surface area contributed by atoms with Crippen LogP contribution >= 0.6 is 39.1 Å². The van der Waals surface area contributed by atoms with Crippen LogP contribution < -0.4 is 0 Å². The Hall–Kier alpha value is -2.55. The molecule has 10 heteroatoms. The number of hydrogen-bond acceptors (Lipinski definition) is 2. The lowest BCUT2D eigenvalue weighted by molar-refractivity contribution is -0.141. The molecule has 1 N–H and O–H groups in total. The molecule has 176 valence electrons. The summed E-state index contributed by atoms with van der Waals surface area (Å²) in [6.45, 7) is -0.284. The van der Waals surface area contributed by atoms with E-state index in [-0.39, 0.29) is 27.7 Å². The first-order valence-electron chi connectivity index (χ1n) is 9.92. The van der Waals surface area contributed by atoms with Gasteiger partial charge in [-0.2, -0.15) is 13.2 Å². The zero-order valence-electron chi connectivity index (χ0n) is 17.1. The second-order valence-electron chi connectivity index (χ2n) is 7.75. The van der Waals surface area contributed by atoms with Gasteiger partial charge in [-0.25, -0.2) is 0 Å². The van der Waals surface area contributed by atoms with Crippen LogP contribution in [0.4, 0.5) is 13.2 Å². The average Bonchev–Trinajstić information content (AvgIpc) is 2.77. The number of carbonyl (C=O) groups is 2. The summed E-state index contributed by atoms with van der Waals surface area (Å²) in [5.74, 6) is -2.75. The first-order chi connectivity index (χ1) is 16.0. The molecule has 3 aromatic carbocycles. The number of carboxylic acid groups (broad SMARTS) is 1. The Morgan fingerprint density at radius 3 is 2.18 bits per heavy atom. The molecule has 0 fully saturated rings. The van der Waals surface area contributed by atoms with Gasteiger partial charge in [0, 0.05) is 32.2 Å². The highest BCUT2D eigenvalue weighted by Gasteiger charge is 2.44. The SMILES string of the molecule is O=C(O)C1c2ccccc2C(=O)N(Cc2c(Cl)cc(C(F)(F)F)cc2Cl)C1c1ccc(Br)cc1. The lowest BCUT2D eigenvalue weighted by Gasteiger charge is -2.41. The van der Waals surface area contributed by atoms with E-state index < -0.39 is 35.6 Å². The number of alkyl halides is 3. The van der Waals surface area contributed by atoms with Gasteiger partial charge in [0.1, 0.15) is 5.92 Å². The largest absolute Gasteiger partial charge is 0.481 e. The van der Waals surface area contributed by atoms with Gasteiger partial charge >= 0.3 is 12.1 Å². The zero-order chi connectivity index (χ0) is 24.8. The van der Waals surface area contributed by atoms with Crippen LogP contribution in [0.25, 0.3) is 0 Å². The van der Waals surface area contributed by atoms with E-state index in [1.807, 2.05) is 0 Å². The van der Waals surface area contributed by atoms with Gasteiger partial charge in [0.05, 0.1) is 11.6 Å². The molecule has 0 spiro atoms. The van der Waals surface area contributed by atoms with Crippen molar-refractivity contribution in [3.8, 4) is 0 Å². The molecule has 4 nitrogen and oxygen atoms in total. The van der Waals surface area contributed by atoms with Crippen molar-refractivity contribution in [2.75, 3.05) is 0 Å². The molecule has 1 amide bonds. The Morgan fingerprint density at radius 2 is 1.62 bits per heavy atom. The van der Waals surface area contributed by atoms with E-state index in [2.05, 4.69) is 15.9 Å². The second kappa shape index (κ2) is 9.24. The summed E-state index contributed by atoms with van der Waals surface area (Å²) in [5.41, 5.74) is 0.165. The number of aliphatic carboxylic acids is 1. The summed E-state index contributed by atoms with van der Waals surface area (Å²) in [7, 11) is 0. The number of nitrogens with zero attached hydrogens (tertiary/aromatic N) is 1. The third-order valence-corrected chi connectivity index (χ3v) is 6.92. The first kappa shape index (κ1) is 24.6. The first-order valence-corrected chi connectivity index (χ1v) is 11.5. The number of carbonyl (C=O) groups excluding carboxylic acids is 1. The summed E-state index contributed by atoms with van der Waals surface area (Å²) >= 11 is 15.7. The Labute approximate surface area is 211 Å². The minimum absolute atomic E-state index is 0.0929. The van der Waals surface area contributed by atoms with E-state index >= 15 is 0 Å². The van der Waals surface area contributed by atoms with Crippen molar-refractivity contribution in [3.05, 3.63) is 103 Å². The van der Waals surface area contributed by atoms with E-state index in [0.717, 1.165) is 16.6 Å². The molecule has 0 aliphatic carbocycles. The zero-order valence-corrected chi connectivity index (χ0v) is 20.2. The molecular formula is C24H15BrCl2F3NO3. The number of rotatable bonds is 4. The number of carboxylic acids is 1. The van der Waals surface area contributed by atoms with Gasteiger partial charge in [-0.05, 0) is 41.5 Å². The van der Waals surface area contributed by atoms with Crippen molar-refractivity contribution >= 4 is 51.0 Å². The minimum atomic E-state index is -4.65. The summed E-state index contributed by atoms with van der Waals surface area (Å²) in [6.07, 6.45) is -4.65. The summed E-state index contributed by atoms with van der Waals surface area (Å²) in [4.78, 5) is 27.3. The quantitative estimate of drug-likeness (QED) is 0.356. The molecule has 0 radical (unpaired) electrons. The van der Waals surface area contributed by atoms with Crippen LogP contribution in [0, 0.1) is 0 Å². The highest BCUT2D eigenvalue weighted by molar-refractivity contribution is 9.10. The Balaban J connectivity index is 1.88. The third kappa shape index (κ3) is 4.54. The molecule has 1 aliphatic heterocycles. The number of halogens is 6. The topological polar surface area (TPSA) is 57.6 Å². The maximum Gasteiger partial charge on any atom is 0.416 e. The molecule has 4 rings (SSSR count). The molecule has 0 bridgehead atoms. The summed E-state index contributed by atoms with van der Waals surface area (Å²) in [5, 5.41) is 9.61. The average molecular weight is 573 g/mol. The predicted octanol–water partition coefficient (Wildman–Crippen LogP) is 7.34. The van der Waals surface area contributed by atoms with Crippen LogP contribution in [-0.4, -0.2) is 21.9 Å². The molecule has 3 aromatic rings. The van der Waals surface area contributed by atoms with E-state index in [0.29, 0.717) is 11.1 Å². The van der Waals surface area contributed by atoms with Crippen molar-refractivity contribution in [2.24, 2.45) is 0 Å². The highest BCUT2D eigenvalue weighted by atomic mass is 79.9. The second-order valence-corrected chi connectivity index (χ2v) is 9.48. The monoisotopic (exact) mass is 571 g/mol. The fourth-order valence-electron chi connectivity index (χ4n) is 4.15. The molecule has 1 heterocycles. The van der Waals surface area contributed by atoms with Gasteiger partial charge in [0.2, 0.25) is 0 Å². The van der Waals surface area contributed by atoms with E-state index in [9.17, 15) is 27.9 Å². The van der Waals surface area contributed by atoms with Crippen LogP contribution in [-0.2, 0) is 17.5 Å². The van der Waals surface area contributed by atoms with Crippen LogP contribution in [0.15, 0.2) is 65.1 Å². The summed E-state index contributed by atoms with van der Waals surface area (Å²) in [6, 6.07) is 13.7. The molecule has 0 aromatic heterocycles. The molecule has 0 saturated heterocycles. The molecule has 34 heavy (non-hydrogen) atoms. The normalized spacial score (nSPS) is 18.1. The minimum Gasteiger partial charge on any atom is -0.481 e. The molecular weight excluding hydrogens is 558 g/mol. The Morgan fingerprint density at radius 1 is 1.03 bits per heavy atom. The molecule has 1 aliphatic rings. The maximum absolute atomic E-state index is 13.5. The number of fused-ring (bicyclic) bond motifs is 1. The molecule has 2 atom stereocenters. The fraction of sp³-hybridized carbons (Fsp3) is 0.167. The number of amides is 1. The van der Waals surface area contributed by atoms with Gasteiger partial charge in [-0.3, -0.25) is 9.59 Å². The summed E-state index contributed by atoms with van der Waals surface area (Å²) < 4.78 is 40.3. The van der Waals surface area contributed by atoms with Crippen LogP contribution in [0.1, 0.15) is 44.6 Å². The number of hydrogen-bond donors (Lipinski definition) is 1. The fourth-order valence-corrected chi connectivity index (χ4v) is 5.02. The van der Waals surface area contributed by atoms with E-state index in [1.54, 1.807) is 42.5 Å². The van der Waals surface area contributed by atoms with Gasteiger partial charge in [-0.15, -0.1) is 0 Å². The Kier molecular flexibility index (Phi) is 6.68. The van der Waals surface area contributed by atoms with Crippen LogP contribution in [0.2, 0.25) is 10.0 Å². The van der Waals surface area contributed by atoms with Gasteiger partial charge < -0.3 is 10.0 Å². The van der Waals surface area contributed by atoms with E-state index in [4.69, 9.17) is 23.2 Å². The predicted molar refractivity (Wildman–Crippen MR) is 125 cm³/mol. The lowest BCUT2D eigenvalue weighted by Crippen LogP contribution is -2.44. The van der Waals surface area contributed by atoms with Gasteiger partial charge in [0.15, 0.2) is 0 Å². The lowest BCUT2D eigenvalue weighted by atomic mass is 9.79. The third-order valence-electron chi connectivity index (χ3n) is 5.71. The smallest absolute Gasteiger partial charge is 0.416 e.